The Morgan fingerprint density at radius 1 is 1.21 bits per heavy atom. The predicted octanol–water partition coefficient (Wildman–Crippen LogP) is 4.14. The highest BCUT2D eigenvalue weighted by Gasteiger charge is 2.16. The van der Waals surface area contributed by atoms with Crippen LogP contribution in [0.3, 0.4) is 0 Å². The van der Waals surface area contributed by atoms with Crippen LogP contribution >= 0.6 is 22.9 Å². The number of ether oxygens (including phenoxy) is 2. The van der Waals surface area contributed by atoms with E-state index in [4.69, 9.17) is 21.1 Å². The van der Waals surface area contributed by atoms with E-state index in [1.165, 1.54) is 11.3 Å². The number of hydrogen-bond donors (Lipinski definition) is 1. The Labute approximate surface area is 169 Å². The van der Waals surface area contributed by atoms with Crippen molar-refractivity contribution >= 4 is 39.8 Å². The third-order valence-corrected chi connectivity index (χ3v) is 4.97. The molecule has 0 aliphatic carbocycles. The summed E-state index contributed by atoms with van der Waals surface area (Å²) in [5.41, 5.74) is 1.73. The van der Waals surface area contributed by atoms with E-state index in [-0.39, 0.29) is 18.5 Å². The van der Waals surface area contributed by atoms with Gasteiger partial charge < -0.3 is 9.47 Å². The third-order valence-electron chi connectivity index (χ3n) is 3.90. The highest BCUT2D eigenvalue weighted by Crippen LogP contribution is 2.32. The molecule has 2 aromatic carbocycles. The van der Waals surface area contributed by atoms with E-state index in [0.29, 0.717) is 15.7 Å². The minimum absolute atomic E-state index is 0.159. The third kappa shape index (κ3) is 3.78. The molecular formula is C19H15ClN4O3S. The topological polar surface area (TPSA) is 77.8 Å². The number of aromatic nitrogens is 3. The minimum Gasteiger partial charge on any atom is -0.496 e. The summed E-state index contributed by atoms with van der Waals surface area (Å²) >= 11 is 7.25. The van der Waals surface area contributed by atoms with Crippen LogP contribution in [0.1, 0.15) is 0 Å². The van der Waals surface area contributed by atoms with Crippen LogP contribution in [-0.4, -0.2) is 34.2 Å². The summed E-state index contributed by atoms with van der Waals surface area (Å²) < 4.78 is 12.5. The summed E-state index contributed by atoms with van der Waals surface area (Å²) in [5, 5.41) is 9.58. The molecule has 0 unspecified atom stereocenters. The second-order valence-electron chi connectivity index (χ2n) is 5.74. The number of amides is 1. The largest absolute Gasteiger partial charge is 0.496 e. The highest BCUT2D eigenvalue weighted by atomic mass is 35.5. The standard InChI is InChI=1S/C19H15ClN4O3S/c1-26-16-5-3-2-4-14(16)15-11-28-19-22-18(23-24(15)19)21-17(25)10-27-13-8-6-12(20)7-9-13/h2-9,11H,10H2,1H3,(H,21,23,25). The van der Waals surface area contributed by atoms with Crippen LogP contribution in [0.15, 0.2) is 53.9 Å². The van der Waals surface area contributed by atoms with Gasteiger partial charge in [-0.25, -0.2) is 4.52 Å². The van der Waals surface area contributed by atoms with Crippen molar-refractivity contribution in [3.05, 3.63) is 58.9 Å². The Morgan fingerprint density at radius 3 is 2.79 bits per heavy atom. The zero-order valence-electron chi connectivity index (χ0n) is 14.8. The fourth-order valence-electron chi connectivity index (χ4n) is 2.62. The number of para-hydroxylation sites is 1. The second-order valence-corrected chi connectivity index (χ2v) is 7.01. The number of carbonyl (C=O) groups is 1. The van der Waals surface area contributed by atoms with Crippen LogP contribution in [0, 0.1) is 0 Å². The van der Waals surface area contributed by atoms with Crippen molar-refractivity contribution in [2.24, 2.45) is 0 Å². The van der Waals surface area contributed by atoms with Gasteiger partial charge in [-0.05, 0) is 36.4 Å². The summed E-state index contributed by atoms with van der Waals surface area (Å²) in [6.45, 7) is -0.159. The molecule has 4 rings (SSSR count). The fraction of sp³-hybridized carbons (Fsp3) is 0.105. The highest BCUT2D eigenvalue weighted by molar-refractivity contribution is 7.15. The SMILES string of the molecule is COc1ccccc1-c1csc2nc(NC(=O)COc3ccc(Cl)cc3)nn12. The van der Waals surface area contributed by atoms with Gasteiger partial charge >= 0.3 is 0 Å². The molecule has 0 fully saturated rings. The van der Waals surface area contributed by atoms with E-state index in [1.807, 2.05) is 29.6 Å². The van der Waals surface area contributed by atoms with Crippen LogP contribution in [0.4, 0.5) is 5.95 Å². The molecule has 0 bridgehead atoms. The van der Waals surface area contributed by atoms with Gasteiger partial charge in [-0.3, -0.25) is 10.1 Å². The second kappa shape index (κ2) is 7.87. The van der Waals surface area contributed by atoms with Crippen molar-refractivity contribution in [3.8, 4) is 22.8 Å². The van der Waals surface area contributed by atoms with Crippen LogP contribution in [0.2, 0.25) is 5.02 Å². The number of rotatable bonds is 6. The van der Waals surface area contributed by atoms with Gasteiger partial charge in [-0.1, -0.05) is 23.7 Å². The molecule has 0 saturated carbocycles. The predicted molar refractivity (Wildman–Crippen MR) is 108 cm³/mol. The molecule has 0 saturated heterocycles. The van der Waals surface area contributed by atoms with Crippen LogP contribution in [0.5, 0.6) is 11.5 Å². The lowest BCUT2D eigenvalue weighted by Gasteiger charge is -2.06. The van der Waals surface area contributed by atoms with E-state index in [2.05, 4.69) is 15.4 Å². The van der Waals surface area contributed by atoms with Crippen molar-refractivity contribution in [2.45, 2.75) is 0 Å². The average molecular weight is 415 g/mol. The van der Waals surface area contributed by atoms with Gasteiger partial charge in [0.25, 0.3) is 11.9 Å². The lowest BCUT2D eigenvalue weighted by molar-refractivity contribution is -0.118. The molecule has 1 N–H and O–H groups in total. The summed E-state index contributed by atoms with van der Waals surface area (Å²) in [5.74, 6) is 1.15. The molecule has 4 aromatic rings. The van der Waals surface area contributed by atoms with E-state index >= 15 is 0 Å². The maximum atomic E-state index is 12.1. The van der Waals surface area contributed by atoms with Crippen molar-refractivity contribution in [3.63, 3.8) is 0 Å². The van der Waals surface area contributed by atoms with Crippen LogP contribution in [0.25, 0.3) is 16.2 Å². The first-order valence-corrected chi connectivity index (χ1v) is 9.55. The van der Waals surface area contributed by atoms with Crippen LogP contribution < -0.4 is 14.8 Å². The van der Waals surface area contributed by atoms with Crippen LogP contribution in [-0.2, 0) is 4.79 Å². The summed E-state index contributed by atoms with van der Waals surface area (Å²) in [7, 11) is 1.62. The Hall–Kier alpha value is -3.10. The summed E-state index contributed by atoms with van der Waals surface area (Å²) in [4.78, 5) is 17.1. The van der Waals surface area contributed by atoms with Gasteiger partial charge in [0.2, 0.25) is 4.96 Å². The van der Waals surface area contributed by atoms with Crippen molar-refractivity contribution < 1.29 is 14.3 Å². The van der Waals surface area contributed by atoms with Gasteiger partial charge in [0.05, 0.1) is 12.8 Å². The molecule has 1 amide bonds. The smallest absolute Gasteiger partial charge is 0.264 e. The Bertz CT molecular complexity index is 1120. The monoisotopic (exact) mass is 414 g/mol. The van der Waals surface area contributed by atoms with Gasteiger partial charge in [0.1, 0.15) is 11.5 Å². The molecule has 0 spiro atoms. The van der Waals surface area contributed by atoms with Crippen molar-refractivity contribution in [1.82, 2.24) is 14.6 Å². The Morgan fingerprint density at radius 2 is 2.00 bits per heavy atom. The zero-order chi connectivity index (χ0) is 19.5. The fourth-order valence-corrected chi connectivity index (χ4v) is 3.56. The number of hydrogen-bond acceptors (Lipinski definition) is 6. The van der Waals surface area contributed by atoms with Crippen molar-refractivity contribution in [1.29, 1.82) is 0 Å². The number of thiazole rings is 1. The van der Waals surface area contributed by atoms with E-state index in [9.17, 15) is 4.79 Å². The first kappa shape index (κ1) is 18.3. The number of carbonyl (C=O) groups excluding carboxylic acids is 1. The first-order valence-electron chi connectivity index (χ1n) is 8.30. The quantitative estimate of drug-likeness (QED) is 0.513. The molecule has 142 valence electrons. The molecule has 2 heterocycles. The number of fused-ring (bicyclic) bond motifs is 1. The molecule has 0 aliphatic rings. The minimum atomic E-state index is -0.355. The van der Waals surface area contributed by atoms with Gasteiger partial charge in [-0.2, -0.15) is 4.98 Å². The molecule has 9 heteroatoms. The van der Waals surface area contributed by atoms with E-state index in [1.54, 1.807) is 35.9 Å². The number of anilines is 1. The molecule has 2 aromatic heterocycles. The maximum Gasteiger partial charge on any atom is 0.264 e. The van der Waals surface area contributed by atoms with E-state index in [0.717, 1.165) is 17.0 Å². The number of nitrogens with one attached hydrogen (secondary N) is 1. The van der Waals surface area contributed by atoms with Gasteiger partial charge in [0.15, 0.2) is 6.61 Å². The number of nitrogens with zero attached hydrogens (tertiary/aromatic N) is 3. The lowest BCUT2D eigenvalue weighted by Crippen LogP contribution is -2.20. The number of methoxy groups -OCH3 is 1. The molecule has 0 radical (unpaired) electrons. The zero-order valence-corrected chi connectivity index (χ0v) is 16.3. The first-order chi connectivity index (χ1) is 13.6. The molecule has 28 heavy (non-hydrogen) atoms. The van der Waals surface area contributed by atoms with E-state index < -0.39 is 0 Å². The number of halogens is 1. The molecule has 0 aliphatic heterocycles. The normalized spacial score (nSPS) is 10.8. The average Bonchev–Trinajstić information content (AvgIpc) is 3.27. The Balaban J connectivity index is 1.48. The Kier molecular flexibility index (Phi) is 5.14. The summed E-state index contributed by atoms with van der Waals surface area (Å²) in [6, 6.07) is 14.4. The number of benzene rings is 2. The molecule has 7 nitrogen and oxygen atoms in total. The van der Waals surface area contributed by atoms with Crippen molar-refractivity contribution in [2.75, 3.05) is 19.0 Å². The lowest BCUT2D eigenvalue weighted by atomic mass is 10.1. The van der Waals surface area contributed by atoms with Gasteiger partial charge in [0, 0.05) is 16.0 Å². The van der Waals surface area contributed by atoms with Gasteiger partial charge in [-0.15, -0.1) is 16.4 Å². The molecule has 0 atom stereocenters. The molecular weight excluding hydrogens is 400 g/mol. The summed E-state index contributed by atoms with van der Waals surface area (Å²) in [6.07, 6.45) is 0. The maximum absolute atomic E-state index is 12.1.